The lowest BCUT2D eigenvalue weighted by Crippen LogP contribution is -2.39. The van der Waals surface area contributed by atoms with E-state index in [1.54, 1.807) is 11.0 Å². The van der Waals surface area contributed by atoms with Gasteiger partial charge in [0, 0.05) is 28.4 Å². The summed E-state index contributed by atoms with van der Waals surface area (Å²) < 4.78 is 17.2. The summed E-state index contributed by atoms with van der Waals surface area (Å²) >= 11 is 6.30. The molecule has 0 aliphatic carbocycles. The van der Waals surface area contributed by atoms with Gasteiger partial charge in [-0.3, -0.25) is 4.79 Å². The van der Waals surface area contributed by atoms with Crippen LogP contribution < -0.4 is 14.4 Å². The van der Waals surface area contributed by atoms with Crippen molar-refractivity contribution in [1.29, 1.82) is 0 Å². The molecule has 0 radical (unpaired) electrons. The second kappa shape index (κ2) is 6.73. The van der Waals surface area contributed by atoms with Gasteiger partial charge in [0.05, 0.1) is 0 Å². The van der Waals surface area contributed by atoms with Crippen molar-refractivity contribution >= 4 is 23.2 Å². The smallest absolute Gasteiger partial charge is 0.253 e. The number of carbonyl (C=O) groups excluding carboxylic acids is 1. The van der Waals surface area contributed by atoms with Crippen LogP contribution in [0, 0.1) is 5.41 Å². The molecule has 27 heavy (non-hydrogen) atoms. The maximum absolute atomic E-state index is 12.9. The average Bonchev–Trinajstić information content (AvgIpc) is 3.04. The van der Waals surface area contributed by atoms with Gasteiger partial charge in [0.2, 0.25) is 6.79 Å². The Hall–Kier alpha value is -2.24. The van der Waals surface area contributed by atoms with E-state index < -0.39 is 6.10 Å². The van der Waals surface area contributed by atoms with Crippen LogP contribution in [0.2, 0.25) is 5.02 Å². The number of hydrogen-bond acceptors (Lipinski definition) is 4. The van der Waals surface area contributed by atoms with Gasteiger partial charge < -0.3 is 19.1 Å². The van der Waals surface area contributed by atoms with Crippen LogP contribution in [0.1, 0.15) is 38.0 Å². The number of rotatable bonds is 2. The number of nitrogens with zero attached hydrogens (tertiary/aromatic N) is 1. The number of anilines is 1. The van der Waals surface area contributed by atoms with E-state index in [0.717, 1.165) is 16.8 Å². The predicted octanol–water partition coefficient (Wildman–Crippen LogP) is 4.57. The van der Waals surface area contributed by atoms with Gasteiger partial charge in [-0.2, -0.15) is 0 Å². The van der Waals surface area contributed by atoms with Gasteiger partial charge >= 0.3 is 0 Å². The second-order valence-corrected chi connectivity index (χ2v) is 8.45. The fraction of sp³-hybridized carbons (Fsp3) is 0.381. The first kappa shape index (κ1) is 18.1. The van der Waals surface area contributed by atoms with Gasteiger partial charge in [0.25, 0.3) is 5.91 Å². The fourth-order valence-electron chi connectivity index (χ4n) is 3.50. The Kier molecular flexibility index (Phi) is 4.52. The van der Waals surface area contributed by atoms with Gasteiger partial charge in [-0.05, 0) is 29.7 Å². The molecule has 6 heteroatoms. The molecule has 2 aromatic rings. The van der Waals surface area contributed by atoms with Crippen molar-refractivity contribution < 1.29 is 19.0 Å². The Morgan fingerprint density at radius 1 is 1.15 bits per heavy atom. The van der Waals surface area contributed by atoms with Crippen molar-refractivity contribution in [3.63, 3.8) is 0 Å². The Labute approximate surface area is 163 Å². The molecule has 1 unspecified atom stereocenters. The largest absolute Gasteiger partial charge is 0.454 e. The minimum absolute atomic E-state index is 0.0163. The van der Waals surface area contributed by atoms with Crippen LogP contribution in [0.15, 0.2) is 36.4 Å². The number of amides is 1. The Morgan fingerprint density at radius 3 is 2.74 bits per heavy atom. The van der Waals surface area contributed by atoms with E-state index in [1.807, 2.05) is 30.3 Å². The molecule has 1 atom stereocenters. The fourth-order valence-corrected chi connectivity index (χ4v) is 3.68. The summed E-state index contributed by atoms with van der Waals surface area (Å²) in [5, 5.41) is 0.595. The highest BCUT2D eigenvalue weighted by atomic mass is 35.5. The van der Waals surface area contributed by atoms with Crippen LogP contribution in [0.4, 0.5) is 5.69 Å². The third-order valence-corrected chi connectivity index (χ3v) is 4.81. The number of halogens is 1. The van der Waals surface area contributed by atoms with Gasteiger partial charge in [0.1, 0.15) is 12.7 Å². The molecule has 0 N–H and O–H groups in total. The van der Waals surface area contributed by atoms with E-state index in [4.69, 9.17) is 25.8 Å². The SMILES string of the molecule is CC(C)(C)CN1C(=O)COC(c2cccc3c2OCO3)c2cc(Cl)ccc21. The first-order valence-corrected chi connectivity index (χ1v) is 9.31. The number of fused-ring (bicyclic) bond motifs is 2. The molecule has 0 spiro atoms. The van der Waals surface area contributed by atoms with Crippen molar-refractivity contribution in [3.05, 3.63) is 52.5 Å². The highest BCUT2D eigenvalue weighted by Gasteiger charge is 2.34. The van der Waals surface area contributed by atoms with Crippen LogP contribution in [0.5, 0.6) is 11.5 Å². The van der Waals surface area contributed by atoms with Gasteiger partial charge in [-0.25, -0.2) is 0 Å². The summed E-state index contributed by atoms with van der Waals surface area (Å²) in [5.41, 5.74) is 2.44. The number of benzene rings is 2. The normalized spacial score (nSPS) is 19.0. The predicted molar refractivity (Wildman–Crippen MR) is 104 cm³/mol. The standard InChI is InChI=1S/C21H22ClNO4/c1-21(2,3)11-23-16-8-7-13(22)9-15(16)19(25-10-18(23)24)14-5-4-6-17-20(14)27-12-26-17/h4-9,19H,10-12H2,1-3H3. The number of para-hydroxylation sites is 1. The van der Waals surface area contributed by atoms with E-state index in [1.165, 1.54) is 0 Å². The first-order chi connectivity index (χ1) is 12.8. The molecule has 5 nitrogen and oxygen atoms in total. The van der Waals surface area contributed by atoms with Crippen LogP contribution in [0.3, 0.4) is 0 Å². The Bertz CT molecular complexity index is 890. The molecule has 2 aliphatic rings. The van der Waals surface area contributed by atoms with Crippen LogP contribution >= 0.6 is 11.6 Å². The lowest BCUT2D eigenvalue weighted by Gasteiger charge is -2.30. The maximum Gasteiger partial charge on any atom is 0.253 e. The summed E-state index contributed by atoms with van der Waals surface area (Å²) in [6, 6.07) is 11.3. The van der Waals surface area contributed by atoms with Crippen LogP contribution in [-0.2, 0) is 9.53 Å². The summed E-state index contributed by atoms with van der Waals surface area (Å²) in [7, 11) is 0. The quantitative estimate of drug-likeness (QED) is 0.757. The van der Waals surface area contributed by atoms with E-state index in [0.29, 0.717) is 23.1 Å². The van der Waals surface area contributed by atoms with Crippen molar-refractivity contribution in [2.45, 2.75) is 26.9 Å². The van der Waals surface area contributed by atoms with Gasteiger partial charge in [-0.1, -0.05) is 44.5 Å². The van der Waals surface area contributed by atoms with Crippen molar-refractivity contribution in [3.8, 4) is 11.5 Å². The molecule has 0 bridgehead atoms. The zero-order valence-corrected chi connectivity index (χ0v) is 16.4. The second-order valence-electron chi connectivity index (χ2n) is 8.02. The molecule has 2 aromatic carbocycles. The molecular weight excluding hydrogens is 366 g/mol. The first-order valence-electron chi connectivity index (χ1n) is 8.93. The van der Waals surface area contributed by atoms with E-state index >= 15 is 0 Å². The van der Waals surface area contributed by atoms with Crippen molar-refractivity contribution in [2.24, 2.45) is 5.41 Å². The van der Waals surface area contributed by atoms with Crippen molar-refractivity contribution in [1.82, 2.24) is 0 Å². The summed E-state index contributed by atoms with van der Waals surface area (Å²) in [6.07, 6.45) is -0.468. The number of hydrogen-bond donors (Lipinski definition) is 0. The molecule has 0 saturated carbocycles. The molecule has 2 aliphatic heterocycles. The highest BCUT2D eigenvalue weighted by Crippen LogP contribution is 2.45. The maximum atomic E-state index is 12.9. The lowest BCUT2D eigenvalue weighted by atomic mass is 9.94. The molecule has 142 valence electrons. The van der Waals surface area contributed by atoms with Gasteiger partial charge in [-0.15, -0.1) is 0 Å². The molecule has 1 amide bonds. The number of ether oxygens (including phenoxy) is 3. The molecule has 2 heterocycles. The highest BCUT2D eigenvalue weighted by molar-refractivity contribution is 6.30. The minimum atomic E-state index is -0.468. The van der Waals surface area contributed by atoms with Crippen LogP contribution in [0.25, 0.3) is 0 Å². The van der Waals surface area contributed by atoms with E-state index in [9.17, 15) is 4.79 Å². The third-order valence-electron chi connectivity index (χ3n) is 4.58. The molecular formula is C21H22ClNO4. The van der Waals surface area contributed by atoms with Crippen LogP contribution in [-0.4, -0.2) is 25.9 Å². The minimum Gasteiger partial charge on any atom is -0.454 e. The molecule has 0 fully saturated rings. The molecule has 4 rings (SSSR count). The van der Waals surface area contributed by atoms with Gasteiger partial charge in [0.15, 0.2) is 11.5 Å². The summed E-state index contributed by atoms with van der Waals surface area (Å²) in [4.78, 5) is 14.7. The Morgan fingerprint density at radius 2 is 1.96 bits per heavy atom. The monoisotopic (exact) mass is 387 g/mol. The van der Waals surface area contributed by atoms with E-state index in [-0.39, 0.29) is 24.7 Å². The zero-order valence-electron chi connectivity index (χ0n) is 15.6. The van der Waals surface area contributed by atoms with E-state index in [2.05, 4.69) is 20.8 Å². The summed E-state index contributed by atoms with van der Waals surface area (Å²) in [6.45, 7) is 7.06. The Balaban J connectivity index is 1.85. The third kappa shape index (κ3) is 3.49. The molecule has 0 aromatic heterocycles. The summed E-state index contributed by atoms with van der Waals surface area (Å²) in [5.74, 6) is 1.27. The topological polar surface area (TPSA) is 48.0 Å². The zero-order chi connectivity index (χ0) is 19.2. The average molecular weight is 388 g/mol. The molecule has 0 saturated heterocycles. The lowest BCUT2D eigenvalue weighted by molar-refractivity contribution is -0.124. The number of carbonyl (C=O) groups is 1. The van der Waals surface area contributed by atoms with Crippen molar-refractivity contribution in [2.75, 3.05) is 24.8 Å².